The molecule has 2 amide bonds. The molecule has 0 N–H and O–H groups in total. The summed E-state index contributed by atoms with van der Waals surface area (Å²) in [5.41, 5.74) is -0.0722. The molecular weight excluding hydrogens is 393 g/mol. The van der Waals surface area contributed by atoms with Crippen molar-refractivity contribution in [2.75, 3.05) is 26.2 Å². The van der Waals surface area contributed by atoms with Crippen LogP contribution >= 0.6 is 11.6 Å². The van der Waals surface area contributed by atoms with Gasteiger partial charge in [0, 0.05) is 42.3 Å². The molecule has 1 fully saturated rings. The Bertz CT molecular complexity index is 851. The number of nitrogens with zero attached hydrogens (tertiary/aromatic N) is 2. The summed E-state index contributed by atoms with van der Waals surface area (Å²) >= 11 is 5.84. The zero-order valence-electron chi connectivity index (χ0n) is 14.9. The molecule has 148 valence electrons. The maximum Gasteiger partial charge on any atom is 0.416 e. The summed E-state index contributed by atoms with van der Waals surface area (Å²) in [4.78, 5) is 28.5. The van der Waals surface area contributed by atoms with Crippen molar-refractivity contribution in [1.82, 2.24) is 9.80 Å². The lowest BCUT2D eigenvalue weighted by Gasteiger charge is -2.22. The highest BCUT2D eigenvalue weighted by Gasteiger charge is 2.30. The summed E-state index contributed by atoms with van der Waals surface area (Å²) in [5.74, 6) is -0.477. The first-order valence-corrected chi connectivity index (χ1v) is 9.15. The molecule has 2 aromatic rings. The summed E-state index contributed by atoms with van der Waals surface area (Å²) in [5, 5.41) is 0.542. The van der Waals surface area contributed by atoms with Gasteiger partial charge in [-0.1, -0.05) is 11.6 Å². The van der Waals surface area contributed by atoms with Crippen LogP contribution in [-0.4, -0.2) is 47.8 Å². The normalized spacial score (nSPS) is 15.3. The Balaban J connectivity index is 1.65. The first-order chi connectivity index (χ1) is 13.3. The Hall–Kier alpha value is -2.54. The van der Waals surface area contributed by atoms with Crippen molar-refractivity contribution in [2.45, 2.75) is 12.6 Å². The molecule has 0 spiro atoms. The van der Waals surface area contributed by atoms with Crippen molar-refractivity contribution < 1.29 is 22.8 Å². The Labute approximate surface area is 165 Å². The van der Waals surface area contributed by atoms with Crippen LogP contribution in [0.25, 0.3) is 0 Å². The van der Waals surface area contributed by atoms with Gasteiger partial charge in [0.1, 0.15) is 0 Å². The molecule has 2 aromatic carbocycles. The van der Waals surface area contributed by atoms with Gasteiger partial charge in [0.2, 0.25) is 0 Å². The summed E-state index contributed by atoms with van der Waals surface area (Å²) in [7, 11) is 0. The topological polar surface area (TPSA) is 40.6 Å². The van der Waals surface area contributed by atoms with E-state index in [2.05, 4.69) is 0 Å². The fourth-order valence-electron chi connectivity index (χ4n) is 3.08. The molecule has 3 rings (SSSR count). The molecule has 0 atom stereocenters. The summed E-state index contributed by atoms with van der Waals surface area (Å²) < 4.78 is 38.0. The third kappa shape index (κ3) is 4.65. The first kappa shape index (κ1) is 20.2. The van der Waals surface area contributed by atoms with E-state index in [1.54, 1.807) is 34.1 Å². The van der Waals surface area contributed by atoms with Crippen LogP contribution in [-0.2, 0) is 6.18 Å². The second-order valence-corrected chi connectivity index (χ2v) is 6.96. The molecule has 0 bridgehead atoms. The number of halogens is 4. The highest BCUT2D eigenvalue weighted by atomic mass is 35.5. The smallest absolute Gasteiger partial charge is 0.337 e. The van der Waals surface area contributed by atoms with Crippen molar-refractivity contribution in [3.05, 3.63) is 70.2 Å². The minimum absolute atomic E-state index is 0.138. The van der Waals surface area contributed by atoms with Gasteiger partial charge < -0.3 is 9.80 Å². The van der Waals surface area contributed by atoms with Crippen molar-refractivity contribution in [3.63, 3.8) is 0 Å². The van der Waals surface area contributed by atoms with E-state index in [0.717, 1.165) is 12.1 Å². The molecule has 0 saturated carbocycles. The standard InChI is InChI=1S/C20H18ClF3N2O2/c21-17-8-4-15(5-9-17)19(28)26-11-1-10-25(12-13-26)18(27)14-2-6-16(7-3-14)20(22,23)24/h2-9H,1,10-13H2. The fraction of sp³-hybridized carbons (Fsp3) is 0.300. The third-order valence-corrected chi connectivity index (χ3v) is 4.87. The van der Waals surface area contributed by atoms with Crippen LogP contribution in [0.3, 0.4) is 0 Å². The molecule has 0 radical (unpaired) electrons. The van der Waals surface area contributed by atoms with E-state index >= 15 is 0 Å². The number of benzene rings is 2. The van der Waals surface area contributed by atoms with E-state index in [1.807, 2.05) is 0 Å². The van der Waals surface area contributed by atoms with E-state index in [1.165, 1.54) is 12.1 Å². The zero-order chi connectivity index (χ0) is 20.3. The Morgan fingerprint density at radius 3 is 1.61 bits per heavy atom. The predicted octanol–water partition coefficient (Wildman–Crippen LogP) is 4.35. The van der Waals surface area contributed by atoms with Gasteiger partial charge in [0.05, 0.1) is 5.56 Å². The molecule has 1 heterocycles. The molecule has 4 nitrogen and oxygen atoms in total. The number of alkyl halides is 3. The lowest BCUT2D eigenvalue weighted by Crippen LogP contribution is -2.37. The van der Waals surface area contributed by atoms with Crippen LogP contribution in [0.5, 0.6) is 0 Å². The van der Waals surface area contributed by atoms with Crippen LogP contribution in [0.2, 0.25) is 5.02 Å². The average molecular weight is 411 g/mol. The Morgan fingerprint density at radius 1 is 0.750 bits per heavy atom. The van der Waals surface area contributed by atoms with Crippen molar-refractivity contribution >= 4 is 23.4 Å². The lowest BCUT2D eigenvalue weighted by molar-refractivity contribution is -0.137. The summed E-state index contributed by atoms with van der Waals surface area (Å²) in [6.07, 6.45) is -3.85. The number of rotatable bonds is 2. The van der Waals surface area contributed by atoms with Crippen LogP contribution < -0.4 is 0 Å². The largest absolute Gasteiger partial charge is 0.416 e. The number of carbonyl (C=O) groups is 2. The molecule has 0 unspecified atom stereocenters. The number of hydrogen-bond acceptors (Lipinski definition) is 2. The van der Waals surface area contributed by atoms with Crippen LogP contribution in [0.1, 0.15) is 32.7 Å². The molecule has 0 aromatic heterocycles. The number of hydrogen-bond donors (Lipinski definition) is 0. The van der Waals surface area contributed by atoms with Crippen molar-refractivity contribution in [1.29, 1.82) is 0 Å². The van der Waals surface area contributed by atoms with Gasteiger partial charge in [0.25, 0.3) is 11.8 Å². The van der Waals surface area contributed by atoms with Crippen molar-refractivity contribution in [2.24, 2.45) is 0 Å². The summed E-state index contributed by atoms with van der Waals surface area (Å²) in [6, 6.07) is 10.8. The molecule has 1 aliphatic rings. The van der Waals surface area contributed by atoms with E-state index in [0.29, 0.717) is 43.2 Å². The highest BCUT2D eigenvalue weighted by molar-refractivity contribution is 6.30. The van der Waals surface area contributed by atoms with Gasteiger partial charge in [-0.05, 0) is 55.0 Å². The number of carbonyl (C=O) groups excluding carboxylic acids is 2. The van der Waals surface area contributed by atoms with Crippen molar-refractivity contribution in [3.8, 4) is 0 Å². The highest BCUT2D eigenvalue weighted by Crippen LogP contribution is 2.29. The fourth-order valence-corrected chi connectivity index (χ4v) is 3.21. The van der Waals surface area contributed by atoms with Gasteiger partial charge in [-0.25, -0.2) is 0 Å². The Kier molecular flexibility index (Phi) is 5.93. The maximum absolute atomic E-state index is 12.7. The van der Waals surface area contributed by atoms with E-state index in [9.17, 15) is 22.8 Å². The lowest BCUT2D eigenvalue weighted by atomic mass is 10.1. The maximum atomic E-state index is 12.7. The Morgan fingerprint density at radius 2 is 1.18 bits per heavy atom. The third-order valence-electron chi connectivity index (χ3n) is 4.62. The molecule has 28 heavy (non-hydrogen) atoms. The van der Waals surface area contributed by atoms with Gasteiger partial charge >= 0.3 is 6.18 Å². The van der Waals surface area contributed by atoms with Gasteiger partial charge in [-0.2, -0.15) is 13.2 Å². The molecular formula is C20H18ClF3N2O2. The minimum Gasteiger partial charge on any atom is -0.337 e. The van der Waals surface area contributed by atoms with Crippen LogP contribution in [0, 0.1) is 0 Å². The van der Waals surface area contributed by atoms with E-state index in [-0.39, 0.29) is 17.4 Å². The molecule has 1 aliphatic heterocycles. The zero-order valence-corrected chi connectivity index (χ0v) is 15.6. The van der Waals surface area contributed by atoms with Crippen LogP contribution in [0.4, 0.5) is 13.2 Å². The number of amides is 2. The first-order valence-electron chi connectivity index (χ1n) is 8.77. The molecule has 8 heteroatoms. The van der Waals surface area contributed by atoms with Gasteiger partial charge in [0.15, 0.2) is 0 Å². The minimum atomic E-state index is -4.44. The van der Waals surface area contributed by atoms with E-state index in [4.69, 9.17) is 11.6 Å². The molecule has 0 aliphatic carbocycles. The quantitative estimate of drug-likeness (QED) is 0.738. The monoisotopic (exact) mass is 410 g/mol. The predicted molar refractivity (Wildman–Crippen MR) is 99.3 cm³/mol. The molecule has 1 saturated heterocycles. The second kappa shape index (κ2) is 8.22. The van der Waals surface area contributed by atoms with Gasteiger partial charge in [-0.3, -0.25) is 9.59 Å². The van der Waals surface area contributed by atoms with Crippen LogP contribution in [0.15, 0.2) is 48.5 Å². The second-order valence-electron chi connectivity index (χ2n) is 6.52. The van der Waals surface area contributed by atoms with Gasteiger partial charge in [-0.15, -0.1) is 0 Å². The summed E-state index contributed by atoms with van der Waals surface area (Å²) in [6.45, 7) is 1.61. The SMILES string of the molecule is O=C(c1ccc(Cl)cc1)N1CCCN(C(=O)c2ccc(C(F)(F)F)cc2)CC1. The average Bonchev–Trinajstić information content (AvgIpc) is 2.93. The van der Waals surface area contributed by atoms with E-state index < -0.39 is 11.7 Å².